The van der Waals surface area contributed by atoms with E-state index in [2.05, 4.69) is 30.6 Å². The highest BCUT2D eigenvalue weighted by molar-refractivity contribution is 7.98. The predicted molar refractivity (Wildman–Crippen MR) is 88.2 cm³/mol. The fraction of sp³-hybridized carbons (Fsp3) is 0.625. The van der Waals surface area contributed by atoms with Crippen LogP contribution in [0, 0.1) is 0 Å². The molecule has 0 saturated heterocycles. The number of thioether (sulfide) groups is 1. The molecule has 0 aliphatic heterocycles. The van der Waals surface area contributed by atoms with Crippen LogP contribution in [0.25, 0.3) is 0 Å². The predicted octanol–water partition coefficient (Wildman–Crippen LogP) is 3.89. The Kier molecular flexibility index (Phi) is 8.54. The fourth-order valence-electron chi connectivity index (χ4n) is 2.04. The van der Waals surface area contributed by atoms with E-state index in [0.29, 0.717) is 19.3 Å². The number of rotatable bonds is 10. The molecule has 0 aliphatic carbocycles. The number of ether oxygens (including phenoxy) is 2. The summed E-state index contributed by atoms with van der Waals surface area (Å²) in [4.78, 5) is 0. The summed E-state index contributed by atoms with van der Waals surface area (Å²) < 4.78 is 11.3. The van der Waals surface area contributed by atoms with Crippen molar-refractivity contribution in [3.8, 4) is 11.5 Å². The van der Waals surface area contributed by atoms with Gasteiger partial charge in [-0.3, -0.25) is 0 Å². The van der Waals surface area contributed by atoms with E-state index in [-0.39, 0.29) is 0 Å². The highest BCUT2D eigenvalue weighted by atomic mass is 32.2. The largest absolute Gasteiger partial charge is 0.490 e. The van der Waals surface area contributed by atoms with Crippen molar-refractivity contribution in [2.24, 2.45) is 0 Å². The summed E-state index contributed by atoms with van der Waals surface area (Å²) in [5.41, 5.74) is 1.26. The number of hydrogen-bond acceptors (Lipinski definition) is 4. The first kappa shape index (κ1) is 17.2. The van der Waals surface area contributed by atoms with Gasteiger partial charge in [0, 0.05) is 11.8 Å². The van der Waals surface area contributed by atoms with Gasteiger partial charge in [0.2, 0.25) is 0 Å². The van der Waals surface area contributed by atoms with Crippen molar-refractivity contribution in [2.45, 2.75) is 33.2 Å². The topological polar surface area (TPSA) is 30.5 Å². The van der Waals surface area contributed by atoms with E-state index in [1.54, 1.807) is 0 Å². The van der Waals surface area contributed by atoms with Gasteiger partial charge < -0.3 is 14.8 Å². The first-order valence-electron chi connectivity index (χ1n) is 7.38. The standard InChI is InChI=1S/C16H27NO2S/c1-5-10-17-14(12-20-4)13-8-9-15(18-6-2)16(11-13)19-7-3/h8-9,11,14,17H,5-7,10,12H2,1-4H3. The van der Waals surface area contributed by atoms with Gasteiger partial charge in [0.15, 0.2) is 11.5 Å². The smallest absolute Gasteiger partial charge is 0.161 e. The highest BCUT2D eigenvalue weighted by Gasteiger charge is 2.13. The molecule has 0 bridgehead atoms. The monoisotopic (exact) mass is 297 g/mol. The van der Waals surface area contributed by atoms with Crippen LogP contribution >= 0.6 is 11.8 Å². The third-order valence-corrected chi connectivity index (χ3v) is 3.61. The minimum absolute atomic E-state index is 0.361. The lowest BCUT2D eigenvalue weighted by Gasteiger charge is -2.20. The molecular weight excluding hydrogens is 270 g/mol. The van der Waals surface area contributed by atoms with Crippen LogP contribution in [-0.4, -0.2) is 31.8 Å². The van der Waals surface area contributed by atoms with Crippen molar-refractivity contribution in [3.05, 3.63) is 23.8 Å². The van der Waals surface area contributed by atoms with Gasteiger partial charge >= 0.3 is 0 Å². The Balaban J connectivity index is 2.93. The molecule has 0 heterocycles. The molecule has 0 saturated carbocycles. The van der Waals surface area contributed by atoms with Crippen molar-refractivity contribution in [1.29, 1.82) is 0 Å². The third kappa shape index (κ3) is 5.25. The van der Waals surface area contributed by atoms with E-state index < -0.39 is 0 Å². The van der Waals surface area contributed by atoms with Gasteiger partial charge in [-0.15, -0.1) is 0 Å². The summed E-state index contributed by atoms with van der Waals surface area (Å²) in [5.74, 6) is 2.73. The van der Waals surface area contributed by atoms with Gasteiger partial charge in [-0.05, 0) is 50.8 Å². The Labute approximate surface area is 127 Å². The number of benzene rings is 1. The molecule has 1 unspecified atom stereocenters. The maximum atomic E-state index is 5.70. The van der Waals surface area contributed by atoms with Crippen LogP contribution in [0.3, 0.4) is 0 Å². The lowest BCUT2D eigenvalue weighted by molar-refractivity contribution is 0.287. The molecule has 1 aromatic rings. The number of hydrogen-bond donors (Lipinski definition) is 1. The van der Waals surface area contributed by atoms with Crippen LogP contribution in [0.5, 0.6) is 11.5 Å². The van der Waals surface area contributed by atoms with Crippen molar-refractivity contribution in [3.63, 3.8) is 0 Å². The first-order valence-corrected chi connectivity index (χ1v) is 8.77. The first-order chi connectivity index (χ1) is 9.76. The summed E-state index contributed by atoms with van der Waals surface area (Å²) in [6, 6.07) is 6.62. The average Bonchev–Trinajstić information content (AvgIpc) is 2.46. The van der Waals surface area contributed by atoms with Gasteiger partial charge in [-0.2, -0.15) is 11.8 Å². The van der Waals surface area contributed by atoms with Crippen molar-refractivity contribution >= 4 is 11.8 Å². The molecule has 0 aliphatic rings. The molecule has 0 fully saturated rings. The molecule has 0 amide bonds. The van der Waals surface area contributed by atoms with Crippen LogP contribution in [0.1, 0.15) is 38.8 Å². The quantitative estimate of drug-likeness (QED) is 0.710. The minimum Gasteiger partial charge on any atom is -0.490 e. The summed E-state index contributed by atoms with van der Waals surface area (Å²) in [7, 11) is 0. The zero-order chi connectivity index (χ0) is 14.8. The van der Waals surface area contributed by atoms with E-state index >= 15 is 0 Å². The molecule has 3 nitrogen and oxygen atoms in total. The second-order valence-electron chi connectivity index (χ2n) is 4.53. The van der Waals surface area contributed by atoms with Crippen LogP contribution in [0.4, 0.5) is 0 Å². The van der Waals surface area contributed by atoms with E-state index in [1.807, 2.05) is 31.7 Å². The van der Waals surface area contributed by atoms with Gasteiger partial charge in [-0.1, -0.05) is 13.0 Å². The summed E-state index contributed by atoms with van der Waals surface area (Å²) in [5, 5.41) is 3.59. The fourth-order valence-corrected chi connectivity index (χ4v) is 2.69. The van der Waals surface area contributed by atoms with Crippen molar-refractivity contribution < 1.29 is 9.47 Å². The van der Waals surface area contributed by atoms with Crippen LogP contribution in [-0.2, 0) is 0 Å². The van der Waals surface area contributed by atoms with E-state index in [0.717, 1.165) is 30.2 Å². The molecule has 114 valence electrons. The molecule has 1 aromatic carbocycles. The Morgan fingerprint density at radius 3 is 2.40 bits per heavy atom. The highest BCUT2D eigenvalue weighted by Crippen LogP contribution is 2.31. The van der Waals surface area contributed by atoms with Crippen molar-refractivity contribution in [1.82, 2.24) is 5.32 Å². The maximum Gasteiger partial charge on any atom is 0.161 e. The molecule has 20 heavy (non-hydrogen) atoms. The molecular formula is C16H27NO2S. The van der Waals surface area contributed by atoms with Crippen LogP contribution in [0.2, 0.25) is 0 Å². The number of nitrogens with one attached hydrogen (secondary N) is 1. The SMILES string of the molecule is CCCNC(CSC)c1ccc(OCC)c(OCC)c1. The zero-order valence-corrected chi connectivity index (χ0v) is 13.9. The summed E-state index contributed by atoms with van der Waals surface area (Å²) in [6.07, 6.45) is 3.28. The Morgan fingerprint density at radius 2 is 1.80 bits per heavy atom. The van der Waals surface area contributed by atoms with Crippen LogP contribution in [0.15, 0.2) is 18.2 Å². The second-order valence-corrected chi connectivity index (χ2v) is 5.44. The Hall–Kier alpha value is -0.870. The second kappa shape index (κ2) is 9.94. The molecule has 0 spiro atoms. The van der Waals surface area contributed by atoms with Gasteiger partial charge in [-0.25, -0.2) is 0 Å². The normalized spacial score (nSPS) is 12.2. The van der Waals surface area contributed by atoms with Crippen molar-refractivity contribution in [2.75, 3.05) is 31.8 Å². The molecule has 0 radical (unpaired) electrons. The average molecular weight is 297 g/mol. The van der Waals surface area contributed by atoms with E-state index in [9.17, 15) is 0 Å². The van der Waals surface area contributed by atoms with E-state index in [1.165, 1.54) is 5.56 Å². The van der Waals surface area contributed by atoms with E-state index in [4.69, 9.17) is 9.47 Å². The summed E-state index contributed by atoms with van der Waals surface area (Å²) >= 11 is 1.85. The third-order valence-electron chi connectivity index (χ3n) is 2.94. The van der Waals surface area contributed by atoms with Gasteiger partial charge in [0.05, 0.1) is 13.2 Å². The molecule has 1 atom stereocenters. The molecule has 1 rings (SSSR count). The molecule has 4 heteroatoms. The maximum absolute atomic E-state index is 5.70. The van der Waals surface area contributed by atoms with Crippen LogP contribution < -0.4 is 14.8 Å². The molecule has 0 aromatic heterocycles. The van der Waals surface area contributed by atoms with Gasteiger partial charge in [0.25, 0.3) is 0 Å². The zero-order valence-electron chi connectivity index (χ0n) is 13.1. The minimum atomic E-state index is 0.361. The Morgan fingerprint density at radius 1 is 1.10 bits per heavy atom. The lowest BCUT2D eigenvalue weighted by atomic mass is 10.1. The lowest BCUT2D eigenvalue weighted by Crippen LogP contribution is -2.24. The Bertz CT molecular complexity index is 385. The molecule has 1 N–H and O–H groups in total. The van der Waals surface area contributed by atoms with Gasteiger partial charge in [0.1, 0.15) is 0 Å². The summed E-state index contributed by atoms with van der Waals surface area (Å²) in [6.45, 7) is 8.51.